The minimum Gasteiger partial charge on any atom is -0.493 e. The molecular formula is C23H28N2O4. The molecule has 1 heterocycles. The fourth-order valence-corrected chi connectivity index (χ4v) is 3.38. The van der Waals surface area contributed by atoms with Crippen LogP contribution in [0.4, 0.5) is 5.69 Å². The van der Waals surface area contributed by atoms with Crippen LogP contribution >= 0.6 is 0 Å². The second-order valence-electron chi connectivity index (χ2n) is 7.47. The van der Waals surface area contributed by atoms with Gasteiger partial charge in [-0.1, -0.05) is 6.07 Å². The number of hydrogen-bond acceptors (Lipinski definition) is 4. The monoisotopic (exact) mass is 396 g/mol. The quantitative estimate of drug-likeness (QED) is 0.765. The molecule has 1 unspecified atom stereocenters. The molecule has 1 fully saturated rings. The first-order valence-electron chi connectivity index (χ1n) is 9.95. The van der Waals surface area contributed by atoms with E-state index in [9.17, 15) is 9.59 Å². The predicted molar refractivity (Wildman–Crippen MR) is 113 cm³/mol. The van der Waals surface area contributed by atoms with Gasteiger partial charge in [0.05, 0.1) is 19.3 Å². The molecule has 0 spiro atoms. The van der Waals surface area contributed by atoms with E-state index in [2.05, 4.69) is 5.32 Å². The molecule has 1 saturated heterocycles. The van der Waals surface area contributed by atoms with Gasteiger partial charge in [-0.15, -0.1) is 0 Å². The Labute approximate surface area is 171 Å². The Morgan fingerprint density at radius 3 is 2.38 bits per heavy atom. The van der Waals surface area contributed by atoms with Crippen molar-refractivity contribution in [1.29, 1.82) is 0 Å². The molecule has 1 aliphatic heterocycles. The Hall–Kier alpha value is -3.02. The van der Waals surface area contributed by atoms with Crippen LogP contribution < -0.4 is 19.7 Å². The Morgan fingerprint density at radius 2 is 1.79 bits per heavy atom. The van der Waals surface area contributed by atoms with E-state index in [4.69, 9.17) is 9.47 Å². The summed E-state index contributed by atoms with van der Waals surface area (Å²) in [5.74, 6) is 1.28. The summed E-state index contributed by atoms with van der Waals surface area (Å²) in [6, 6.07) is 12.6. The SMILES string of the molecule is COc1cc(C(C)NC(=O)c2ccc(N3CCCC3=O)cc2)ccc1OC(C)C. The number of carbonyl (C=O) groups is 2. The number of amides is 2. The fourth-order valence-electron chi connectivity index (χ4n) is 3.38. The smallest absolute Gasteiger partial charge is 0.251 e. The zero-order valence-electron chi connectivity index (χ0n) is 17.4. The molecule has 6 nitrogen and oxygen atoms in total. The van der Waals surface area contributed by atoms with Crippen LogP contribution in [0.25, 0.3) is 0 Å². The lowest BCUT2D eigenvalue weighted by Crippen LogP contribution is -2.27. The van der Waals surface area contributed by atoms with Crippen molar-refractivity contribution < 1.29 is 19.1 Å². The Balaban J connectivity index is 1.67. The third-order valence-corrected chi connectivity index (χ3v) is 4.91. The van der Waals surface area contributed by atoms with E-state index in [0.717, 1.165) is 24.2 Å². The Morgan fingerprint density at radius 1 is 1.07 bits per heavy atom. The number of carbonyl (C=O) groups excluding carboxylic acids is 2. The first-order valence-corrected chi connectivity index (χ1v) is 9.95. The van der Waals surface area contributed by atoms with Crippen LogP contribution in [0.2, 0.25) is 0 Å². The summed E-state index contributed by atoms with van der Waals surface area (Å²) in [6.45, 7) is 6.58. The molecule has 0 aromatic heterocycles. The molecule has 6 heteroatoms. The number of hydrogen-bond donors (Lipinski definition) is 1. The highest BCUT2D eigenvalue weighted by atomic mass is 16.5. The fraction of sp³-hybridized carbons (Fsp3) is 0.391. The highest BCUT2D eigenvalue weighted by molar-refractivity contribution is 5.97. The first-order chi connectivity index (χ1) is 13.9. The van der Waals surface area contributed by atoms with Gasteiger partial charge in [-0.2, -0.15) is 0 Å². The van der Waals surface area contributed by atoms with Crippen LogP contribution in [0.5, 0.6) is 11.5 Å². The van der Waals surface area contributed by atoms with Gasteiger partial charge in [0.2, 0.25) is 5.91 Å². The maximum atomic E-state index is 12.6. The van der Waals surface area contributed by atoms with Gasteiger partial charge in [0, 0.05) is 24.2 Å². The number of rotatable bonds is 7. The molecule has 154 valence electrons. The van der Waals surface area contributed by atoms with E-state index in [1.54, 1.807) is 24.1 Å². The summed E-state index contributed by atoms with van der Waals surface area (Å²) in [6.07, 6.45) is 1.51. The number of anilines is 1. The highest BCUT2D eigenvalue weighted by Gasteiger charge is 2.22. The highest BCUT2D eigenvalue weighted by Crippen LogP contribution is 2.31. The van der Waals surface area contributed by atoms with Crippen LogP contribution in [-0.4, -0.2) is 31.6 Å². The third-order valence-electron chi connectivity index (χ3n) is 4.91. The predicted octanol–water partition coefficient (Wildman–Crippen LogP) is 4.10. The van der Waals surface area contributed by atoms with Gasteiger partial charge < -0.3 is 19.7 Å². The third kappa shape index (κ3) is 4.88. The maximum Gasteiger partial charge on any atom is 0.251 e. The molecular weight excluding hydrogens is 368 g/mol. The summed E-state index contributed by atoms with van der Waals surface area (Å²) >= 11 is 0. The van der Waals surface area contributed by atoms with E-state index in [1.807, 2.05) is 51.1 Å². The normalized spacial score (nSPS) is 14.8. The second-order valence-corrected chi connectivity index (χ2v) is 7.47. The summed E-state index contributed by atoms with van der Waals surface area (Å²) in [7, 11) is 1.60. The van der Waals surface area contributed by atoms with E-state index in [-0.39, 0.29) is 24.0 Å². The van der Waals surface area contributed by atoms with Crippen LogP contribution in [-0.2, 0) is 4.79 Å². The first kappa shape index (κ1) is 20.7. The van der Waals surface area contributed by atoms with Gasteiger partial charge in [-0.05, 0) is 69.2 Å². The summed E-state index contributed by atoms with van der Waals surface area (Å²) < 4.78 is 11.2. The van der Waals surface area contributed by atoms with Gasteiger partial charge in [-0.25, -0.2) is 0 Å². The minimum absolute atomic E-state index is 0.0469. The van der Waals surface area contributed by atoms with Crippen molar-refractivity contribution >= 4 is 17.5 Å². The van der Waals surface area contributed by atoms with E-state index >= 15 is 0 Å². The lowest BCUT2D eigenvalue weighted by Gasteiger charge is -2.19. The molecule has 2 amide bonds. The van der Waals surface area contributed by atoms with E-state index < -0.39 is 0 Å². The molecule has 1 N–H and O–H groups in total. The van der Waals surface area contributed by atoms with E-state index in [0.29, 0.717) is 23.5 Å². The number of nitrogens with one attached hydrogen (secondary N) is 1. The average molecular weight is 396 g/mol. The van der Waals surface area contributed by atoms with Crippen LogP contribution in [0.3, 0.4) is 0 Å². The van der Waals surface area contributed by atoms with Crippen molar-refractivity contribution in [3.05, 3.63) is 53.6 Å². The lowest BCUT2D eigenvalue weighted by atomic mass is 10.1. The van der Waals surface area contributed by atoms with Crippen molar-refractivity contribution in [2.75, 3.05) is 18.6 Å². The standard InChI is InChI=1S/C23H28N2O4/c1-15(2)29-20-12-9-18(14-21(20)28-4)16(3)24-23(27)17-7-10-19(11-8-17)25-13-5-6-22(25)26/h7-12,14-16H,5-6,13H2,1-4H3,(H,24,27). The van der Waals surface area contributed by atoms with Gasteiger partial charge in [0.25, 0.3) is 5.91 Å². The summed E-state index contributed by atoms with van der Waals surface area (Å²) in [5, 5.41) is 3.01. The van der Waals surface area contributed by atoms with Gasteiger partial charge in [0.15, 0.2) is 11.5 Å². The summed E-state index contributed by atoms with van der Waals surface area (Å²) in [4.78, 5) is 26.3. The van der Waals surface area contributed by atoms with Crippen LogP contribution in [0.1, 0.15) is 55.6 Å². The molecule has 2 aromatic carbocycles. The lowest BCUT2D eigenvalue weighted by molar-refractivity contribution is -0.117. The second kappa shape index (κ2) is 8.99. The van der Waals surface area contributed by atoms with Gasteiger partial charge in [0.1, 0.15) is 0 Å². The van der Waals surface area contributed by atoms with Crippen molar-refractivity contribution in [1.82, 2.24) is 5.32 Å². The molecule has 1 aliphatic rings. The molecule has 0 saturated carbocycles. The van der Waals surface area contributed by atoms with Gasteiger partial charge in [-0.3, -0.25) is 9.59 Å². The molecule has 3 rings (SSSR count). The zero-order chi connectivity index (χ0) is 21.0. The molecule has 2 aromatic rings. The molecule has 29 heavy (non-hydrogen) atoms. The Kier molecular flexibility index (Phi) is 6.42. The Bertz CT molecular complexity index is 877. The van der Waals surface area contributed by atoms with Crippen molar-refractivity contribution in [3.63, 3.8) is 0 Å². The average Bonchev–Trinajstić information content (AvgIpc) is 3.13. The number of methoxy groups -OCH3 is 1. The zero-order valence-corrected chi connectivity index (χ0v) is 17.4. The number of nitrogens with zero attached hydrogens (tertiary/aromatic N) is 1. The van der Waals surface area contributed by atoms with Gasteiger partial charge >= 0.3 is 0 Å². The minimum atomic E-state index is -0.204. The van der Waals surface area contributed by atoms with Crippen molar-refractivity contribution in [2.45, 2.75) is 45.8 Å². The largest absolute Gasteiger partial charge is 0.493 e. The van der Waals surface area contributed by atoms with Crippen molar-refractivity contribution in [2.24, 2.45) is 0 Å². The molecule has 0 aliphatic carbocycles. The number of ether oxygens (including phenoxy) is 2. The van der Waals surface area contributed by atoms with Crippen LogP contribution in [0.15, 0.2) is 42.5 Å². The molecule has 0 radical (unpaired) electrons. The molecule has 0 bridgehead atoms. The maximum absolute atomic E-state index is 12.6. The number of benzene rings is 2. The van der Waals surface area contributed by atoms with E-state index in [1.165, 1.54) is 0 Å². The van der Waals surface area contributed by atoms with Crippen molar-refractivity contribution in [3.8, 4) is 11.5 Å². The molecule has 1 atom stereocenters. The summed E-state index contributed by atoms with van der Waals surface area (Å²) in [5.41, 5.74) is 2.31. The van der Waals surface area contributed by atoms with Crippen LogP contribution in [0, 0.1) is 0 Å². The topological polar surface area (TPSA) is 67.9 Å².